The SMILES string of the molecule is COc1cc(OC)cc(OCC(=O)N(Cc2ccc(Cl)cc2Cl)[C@H](Cc2ccccc2)C(=O)NC(C)C)c1. The van der Waals surface area contributed by atoms with Crippen LogP contribution in [0.3, 0.4) is 0 Å². The van der Waals surface area contributed by atoms with Crippen molar-refractivity contribution in [1.82, 2.24) is 10.2 Å². The number of rotatable bonds is 12. The molecule has 0 fully saturated rings. The number of nitrogens with one attached hydrogen (secondary N) is 1. The molecule has 7 nitrogen and oxygen atoms in total. The van der Waals surface area contributed by atoms with Crippen LogP contribution in [0.15, 0.2) is 66.7 Å². The molecule has 0 heterocycles. The molecule has 0 aromatic heterocycles. The van der Waals surface area contributed by atoms with Crippen LogP contribution in [0, 0.1) is 0 Å². The first-order valence-electron chi connectivity index (χ1n) is 12.1. The van der Waals surface area contributed by atoms with Crippen molar-refractivity contribution in [3.05, 3.63) is 87.9 Å². The molecule has 0 saturated heterocycles. The number of amides is 2. The van der Waals surface area contributed by atoms with Gasteiger partial charge in [-0.1, -0.05) is 59.6 Å². The Kier molecular flexibility index (Phi) is 10.7. The molecule has 3 rings (SSSR count). The zero-order chi connectivity index (χ0) is 27.7. The number of benzene rings is 3. The van der Waals surface area contributed by atoms with Gasteiger partial charge in [-0.25, -0.2) is 0 Å². The van der Waals surface area contributed by atoms with Crippen molar-refractivity contribution in [2.75, 3.05) is 20.8 Å². The van der Waals surface area contributed by atoms with Crippen LogP contribution in [-0.2, 0) is 22.6 Å². The molecule has 0 bridgehead atoms. The van der Waals surface area contributed by atoms with Gasteiger partial charge in [-0.2, -0.15) is 0 Å². The predicted molar refractivity (Wildman–Crippen MR) is 149 cm³/mol. The fourth-order valence-corrected chi connectivity index (χ4v) is 4.33. The lowest BCUT2D eigenvalue weighted by molar-refractivity contribution is -0.143. The first-order chi connectivity index (χ1) is 18.2. The van der Waals surface area contributed by atoms with Crippen molar-refractivity contribution in [3.8, 4) is 17.2 Å². The quantitative estimate of drug-likeness (QED) is 0.315. The van der Waals surface area contributed by atoms with Gasteiger partial charge in [0.2, 0.25) is 5.91 Å². The van der Waals surface area contributed by atoms with Crippen LogP contribution in [0.4, 0.5) is 0 Å². The van der Waals surface area contributed by atoms with E-state index in [0.29, 0.717) is 39.3 Å². The molecule has 38 heavy (non-hydrogen) atoms. The maximum atomic E-state index is 13.7. The van der Waals surface area contributed by atoms with Gasteiger partial charge in [0.1, 0.15) is 23.3 Å². The van der Waals surface area contributed by atoms with Crippen molar-refractivity contribution in [1.29, 1.82) is 0 Å². The summed E-state index contributed by atoms with van der Waals surface area (Å²) in [4.78, 5) is 28.7. The van der Waals surface area contributed by atoms with Crippen LogP contribution in [0.2, 0.25) is 10.0 Å². The van der Waals surface area contributed by atoms with Gasteiger partial charge in [-0.3, -0.25) is 9.59 Å². The Morgan fingerprint density at radius 1 is 0.895 bits per heavy atom. The van der Waals surface area contributed by atoms with Crippen LogP contribution in [0.1, 0.15) is 25.0 Å². The molecule has 0 spiro atoms. The highest BCUT2D eigenvalue weighted by Gasteiger charge is 2.31. The molecule has 0 aliphatic rings. The second-order valence-electron chi connectivity index (χ2n) is 8.96. The van der Waals surface area contributed by atoms with Crippen LogP contribution >= 0.6 is 23.2 Å². The van der Waals surface area contributed by atoms with Crippen LogP contribution in [0.5, 0.6) is 17.2 Å². The molecule has 0 radical (unpaired) electrons. The zero-order valence-electron chi connectivity index (χ0n) is 21.9. The average Bonchev–Trinajstić information content (AvgIpc) is 2.90. The highest BCUT2D eigenvalue weighted by Crippen LogP contribution is 2.28. The summed E-state index contributed by atoms with van der Waals surface area (Å²) in [5, 5.41) is 3.83. The van der Waals surface area contributed by atoms with E-state index in [2.05, 4.69) is 5.32 Å². The second kappa shape index (κ2) is 13.9. The largest absolute Gasteiger partial charge is 0.496 e. The molecule has 9 heteroatoms. The number of ether oxygens (including phenoxy) is 3. The lowest BCUT2D eigenvalue weighted by atomic mass is 10.0. The summed E-state index contributed by atoms with van der Waals surface area (Å²) in [6.07, 6.45) is 0.309. The van der Waals surface area contributed by atoms with Crippen LogP contribution in [0.25, 0.3) is 0 Å². The van der Waals surface area contributed by atoms with Crippen molar-refractivity contribution in [3.63, 3.8) is 0 Å². The van der Waals surface area contributed by atoms with E-state index >= 15 is 0 Å². The molecule has 3 aromatic carbocycles. The topological polar surface area (TPSA) is 77.1 Å². The van der Waals surface area contributed by atoms with Gasteiger partial charge in [0.05, 0.1) is 14.2 Å². The van der Waals surface area contributed by atoms with E-state index < -0.39 is 11.9 Å². The van der Waals surface area contributed by atoms with Crippen LogP contribution < -0.4 is 19.5 Å². The van der Waals surface area contributed by atoms with E-state index in [4.69, 9.17) is 37.4 Å². The van der Waals surface area contributed by atoms with E-state index in [1.807, 2.05) is 44.2 Å². The van der Waals surface area contributed by atoms with E-state index in [9.17, 15) is 9.59 Å². The van der Waals surface area contributed by atoms with Gasteiger partial charge in [-0.15, -0.1) is 0 Å². The fraction of sp³-hybridized carbons (Fsp3) is 0.310. The van der Waals surface area contributed by atoms with Gasteiger partial charge in [-0.05, 0) is 37.1 Å². The summed E-state index contributed by atoms with van der Waals surface area (Å²) >= 11 is 12.6. The van der Waals surface area contributed by atoms with Gasteiger partial charge in [0.25, 0.3) is 5.91 Å². The maximum absolute atomic E-state index is 13.7. The van der Waals surface area contributed by atoms with Crippen molar-refractivity contribution in [2.24, 2.45) is 0 Å². The Balaban J connectivity index is 1.95. The smallest absolute Gasteiger partial charge is 0.261 e. The normalized spacial score (nSPS) is 11.6. The monoisotopic (exact) mass is 558 g/mol. The van der Waals surface area contributed by atoms with E-state index in [1.54, 1.807) is 36.4 Å². The number of hydrogen-bond donors (Lipinski definition) is 1. The summed E-state index contributed by atoms with van der Waals surface area (Å²) in [7, 11) is 3.06. The Morgan fingerprint density at radius 3 is 2.11 bits per heavy atom. The Hall–Kier alpha value is -3.42. The Bertz CT molecular complexity index is 1210. The molecule has 0 unspecified atom stereocenters. The molecule has 0 saturated carbocycles. The summed E-state index contributed by atoms with van der Waals surface area (Å²) in [6, 6.07) is 18.7. The molecule has 3 aromatic rings. The molecule has 1 atom stereocenters. The third-order valence-corrected chi connectivity index (χ3v) is 6.33. The number of carbonyl (C=O) groups is 2. The molecular weight excluding hydrogens is 527 g/mol. The minimum absolute atomic E-state index is 0.0860. The van der Waals surface area contributed by atoms with Crippen molar-refractivity contribution in [2.45, 2.75) is 38.9 Å². The second-order valence-corrected chi connectivity index (χ2v) is 9.81. The molecule has 2 amide bonds. The lowest BCUT2D eigenvalue weighted by Crippen LogP contribution is -2.52. The average molecular weight is 559 g/mol. The lowest BCUT2D eigenvalue weighted by Gasteiger charge is -2.32. The van der Waals surface area contributed by atoms with Crippen LogP contribution in [-0.4, -0.2) is 49.6 Å². The standard InChI is InChI=1S/C29H32Cl2N2O5/c1-19(2)32-29(35)27(12-20-8-6-5-7-9-20)33(17-21-10-11-22(30)13-26(21)31)28(34)18-38-25-15-23(36-3)14-24(16-25)37-4/h5-11,13-16,19,27H,12,17-18H2,1-4H3,(H,32,35)/t27-/m1/s1. The van der Waals surface area contributed by atoms with E-state index in [-0.39, 0.29) is 25.1 Å². The molecule has 0 aliphatic carbocycles. The third kappa shape index (κ3) is 8.30. The van der Waals surface area contributed by atoms with E-state index in [0.717, 1.165) is 5.56 Å². The van der Waals surface area contributed by atoms with Gasteiger partial charge in [0.15, 0.2) is 6.61 Å². The first kappa shape index (κ1) is 29.1. The highest BCUT2D eigenvalue weighted by atomic mass is 35.5. The first-order valence-corrected chi connectivity index (χ1v) is 12.9. The van der Waals surface area contributed by atoms with Gasteiger partial charge < -0.3 is 24.4 Å². The number of hydrogen-bond acceptors (Lipinski definition) is 5. The van der Waals surface area contributed by atoms with Crippen molar-refractivity contribution < 1.29 is 23.8 Å². The minimum atomic E-state index is -0.817. The number of carbonyl (C=O) groups excluding carboxylic acids is 2. The number of methoxy groups -OCH3 is 2. The van der Waals surface area contributed by atoms with E-state index in [1.165, 1.54) is 19.1 Å². The summed E-state index contributed by atoms with van der Waals surface area (Å²) in [5.74, 6) is 0.776. The third-order valence-electron chi connectivity index (χ3n) is 5.75. The number of nitrogens with zero attached hydrogens (tertiary/aromatic N) is 1. The summed E-state index contributed by atoms with van der Waals surface area (Å²) in [6.45, 7) is 3.52. The Labute approximate surface area is 233 Å². The molecule has 0 aliphatic heterocycles. The molecule has 202 valence electrons. The highest BCUT2D eigenvalue weighted by molar-refractivity contribution is 6.35. The Morgan fingerprint density at radius 2 is 1.53 bits per heavy atom. The summed E-state index contributed by atoms with van der Waals surface area (Å²) < 4.78 is 16.4. The van der Waals surface area contributed by atoms with Gasteiger partial charge in [0, 0.05) is 47.3 Å². The zero-order valence-corrected chi connectivity index (χ0v) is 23.4. The number of halogens is 2. The maximum Gasteiger partial charge on any atom is 0.261 e. The van der Waals surface area contributed by atoms with Gasteiger partial charge >= 0.3 is 0 Å². The fourth-order valence-electron chi connectivity index (χ4n) is 3.86. The minimum Gasteiger partial charge on any atom is -0.496 e. The van der Waals surface area contributed by atoms with Crippen molar-refractivity contribution >= 4 is 35.0 Å². The summed E-state index contributed by atoms with van der Waals surface area (Å²) in [5.41, 5.74) is 1.57. The molecule has 1 N–H and O–H groups in total. The predicted octanol–water partition coefficient (Wildman–Crippen LogP) is 5.55. The molecular formula is C29H32Cl2N2O5.